The first-order valence-electron chi connectivity index (χ1n) is 7.21. The Labute approximate surface area is 125 Å². The quantitative estimate of drug-likeness (QED) is 0.802. The number of anilines is 1. The van der Waals surface area contributed by atoms with E-state index in [9.17, 15) is 4.79 Å². The molecule has 1 aromatic carbocycles. The Kier molecular flexibility index (Phi) is 5.11. The zero-order chi connectivity index (χ0) is 15.2. The van der Waals surface area contributed by atoms with Crippen molar-refractivity contribution in [1.29, 1.82) is 0 Å². The number of hydrogen-bond donors (Lipinski definition) is 2. The number of nitrogens with one attached hydrogen (secondary N) is 2. The maximum atomic E-state index is 12.2. The molecule has 2 rings (SSSR count). The van der Waals surface area contributed by atoms with Crippen molar-refractivity contribution in [1.82, 2.24) is 15.1 Å². The number of amides is 1. The lowest BCUT2D eigenvalue weighted by atomic mass is 10.2. The third kappa shape index (κ3) is 3.92. The largest absolute Gasteiger partial charge is 0.322 e. The van der Waals surface area contributed by atoms with Crippen molar-refractivity contribution in [2.75, 3.05) is 11.9 Å². The number of carbonyl (C=O) groups excluding carboxylic acids is 1. The second-order valence-corrected chi connectivity index (χ2v) is 5.10. The van der Waals surface area contributed by atoms with Crippen LogP contribution in [0.25, 0.3) is 0 Å². The molecule has 2 aromatic rings. The maximum absolute atomic E-state index is 12.2. The molecule has 0 unspecified atom stereocenters. The van der Waals surface area contributed by atoms with Gasteiger partial charge < -0.3 is 10.6 Å². The summed E-state index contributed by atoms with van der Waals surface area (Å²) in [5.74, 6) is -0.127. The molecular formula is C16H22N4O. The van der Waals surface area contributed by atoms with E-state index in [1.807, 2.05) is 38.2 Å². The van der Waals surface area contributed by atoms with Crippen LogP contribution in [0, 0.1) is 6.92 Å². The average Bonchev–Trinajstić information content (AvgIpc) is 2.81. The summed E-state index contributed by atoms with van der Waals surface area (Å²) in [5.41, 5.74) is 3.46. The van der Waals surface area contributed by atoms with Gasteiger partial charge >= 0.3 is 0 Å². The zero-order valence-electron chi connectivity index (χ0n) is 12.8. The maximum Gasteiger partial charge on any atom is 0.259 e. The molecule has 0 saturated carbocycles. The van der Waals surface area contributed by atoms with E-state index in [0.717, 1.165) is 30.9 Å². The minimum Gasteiger partial charge on any atom is -0.322 e. The molecule has 1 heterocycles. The molecule has 2 N–H and O–H groups in total. The van der Waals surface area contributed by atoms with Crippen LogP contribution in [0.3, 0.4) is 0 Å². The molecule has 0 bridgehead atoms. The Hall–Kier alpha value is -2.14. The van der Waals surface area contributed by atoms with Crippen LogP contribution in [0.1, 0.15) is 35.0 Å². The molecule has 0 spiro atoms. The van der Waals surface area contributed by atoms with Crippen molar-refractivity contribution in [3.8, 4) is 0 Å². The first kappa shape index (κ1) is 15.3. The van der Waals surface area contributed by atoms with Crippen molar-refractivity contribution >= 4 is 11.6 Å². The molecule has 5 nitrogen and oxygen atoms in total. The van der Waals surface area contributed by atoms with Gasteiger partial charge in [0.25, 0.3) is 5.91 Å². The van der Waals surface area contributed by atoms with Gasteiger partial charge in [-0.2, -0.15) is 5.10 Å². The summed E-state index contributed by atoms with van der Waals surface area (Å²) in [5, 5.41) is 10.3. The van der Waals surface area contributed by atoms with Gasteiger partial charge in [0.05, 0.1) is 11.8 Å². The summed E-state index contributed by atoms with van der Waals surface area (Å²) in [7, 11) is 1.82. The fourth-order valence-electron chi connectivity index (χ4n) is 2.04. The Morgan fingerprint density at radius 1 is 1.29 bits per heavy atom. The van der Waals surface area contributed by atoms with Crippen LogP contribution < -0.4 is 10.6 Å². The second-order valence-electron chi connectivity index (χ2n) is 5.10. The lowest BCUT2D eigenvalue weighted by molar-refractivity contribution is 0.102. The average molecular weight is 286 g/mol. The zero-order valence-corrected chi connectivity index (χ0v) is 12.8. The fourth-order valence-corrected chi connectivity index (χ4v) is 2.04. The molecule has 112 valence electrons. The molecule has 0 aliphatic carbocycles. The minimum atomic E-state index is -0.127. The third-order valence-corrected chi connectivity index (χ3v) is 3.45. The number of hydrogen-bond acceptors (Lipinski definition) is 3. The standard InChI is InChI=1S/C16H22N4O/c1-4-9-17-10-13-5-7-14(8-6-13)19-16(21)15-11-18-20(3)12(15)2/h5-8,11,17H,4,9-10H2,1-3H3,(H,19,21). The summed E-state index contributed by atoms with van der Waals surface area (Å²) >= 11 is 0. The molecular weight excluding hydrogens is 264 g/mol. The lowest BCUT2D eigenvalue weighted by Crippen LogP contribution is -2.14. The first-order chi connectivity index (χ1) is 10.1. The van der Waals surface area contributed by atoms with Crippen LogP contribution >= 0.6 is 0 Å². The van der Waals surface area contributed by atoms with E-state index in [0.29, 0.717) is 5.56 Å². The summed E-state index contributed by atoms with van der Waals surface area (Å²) in [4.78, 5) is 12.2. The van der Waals surface area contributed by atoms with E-state index in [1.165, 1.54) is 5.56 Å². The molecule has 0 fully saturated rings. The van der Waals surface area contributed by atoms with Gasteiger partial charge in [-0.05, 0) is 37.6 Å². The molecule has 0 aliphatic rings. The van der Waals surface area contributed by atoms with Gasteiger partial charge in [0.2, 0.25) is 0 Å². The fraction of sp³-hybridized carbons (Fsp3) is 0.375. The van der Waals surface area contributed by atoms with Crippen LogP contribution in [0.5, 0.6) is 0 Å². The molecule has 0 atom stereocenters. The van der Waals surface area contributed by atoms with E-state index < -0.39 is 0 Å². The van der Waals surface area contributed by atoms with Crippen LogP contribution in [0.15, 0.2) is 30.5 Å². The van der Waals surface area contributed by atoms with Crippen LogP contribution in [-0.2, 0) is 13.6 Å². The highest BCUT2D eigenvalue weighted by atomic mass is 16.1. The van der Waals surface area contributed by atoms with Crippen LogP contribution in [0.4, 0.5) is 5.69 Å². The molecule has 21 heavy (non-hydrogen) atoms. The summed E-state index contributed by atoms with van der Waals surface area (Å²) < 4.78 is 1.69. The van der Waals surface area contributed by atoms with Crippen LogP contribution in [-0.4, -0.2) is 22.2 Å². The Morgan fingerprint density at radius 2 is 2.00 bits per heavy atom. The van der Waals surface area contributed by atoms with Gasteiger partial charge in [-0.25, -0.2) is 0 Å². The predicted octanol–water partition coefficient (Wildman–Crippen LogP) is 2.48. The highest BCUT2D eigenvalue weighted by molar-refractivity contribution is 6.04. The van der Waals surface area contributed by atoms with Crippen LogP contribution in [0.2, 0.25) is 0 Å². The number of aromatic nitrogens is 2. The Bertz CT molecular complexity index is 601. The van der Waals surface area contributed by atoms with Gasteiger partial charge in [-0.3, -0.25) is 9.48 Å². The van der Waals surface area contributed by atoms with Crippen molar-refractivity contribution in [3.63, 3.8) is 0 Å². The number of aryl methyl sites for hydroxylation is 1. The van der Waals surface area contributed by atoms with Gasteiger partial charge in [0.1, 0.15) is 0 Å². The molecule has 0 aliphatic heterocycles. The molecule has 1 aromatic heterocycles. The second kappa shape index (κ2) is 7.04. The molecule has 0 radical (unpaired) electrons. The van der Waals surface area contributed by atoms with Gasteiger partial charge in [-0.15, -0.1) is 0 Å². The SMILES string of the molecule is CCCNCc1ccc(NC(=O)c2cnn(C)c2C)cc1. The summed E-state index contributed by atoms with van der Waals surface area (Å²) in [6.07, 6.45) is 2.71. The Balaban J connectivity index is 1.97. The van der Waals surface area contributed by atoms with Gasteiger partial charge in [-0.1, -0.05) is 19.1 Å². The molecule has 1 amide bonds. The van der Waals surface area contributed by atoms with Crippen molar-refractivity contribution in [3.05, 3.63) is 47.3 Å². The van der Waals surface area contributed by atoms with E-state index in [4.69, 9.17) is 0 Å². The monoisotopic (exact) mass is 286 g/mol. The van der Waals surface area contributed by atoms with Crippen molar-refractivity contribution < 1.29 is 4.79 Å². The van der Waals surface area contributed by atoms with E-state index in [-0.39, 0.29) is 5.91 Å². The van der Waals surface area contributed by atoms with Crippen molar-refractivity contribution in [2.24, 2.45) is 7.05 Å². The van der Waals surface area contributed by atoms with E-state index in [1.54, 1.807) is 10.9 Å². The number of rotatable bonds is 6. The minimum absolute atomic E-state index is 0.127. The summed E-state index contributed by atoms with van der Waals surface area (Å²) in [6, 6.07) is 7.89. The molecule has 5 heteroatoms. The topological polar surface area (TPSA) is 58.9 Å². The molecule has 0 saturated heterocycles. The first-order valence-corrected chi connectivity index (χ1v) is 7.21. The van der Waals surface area contributed by atoms with E-state index >= 15 is 0 Å². The highest BCUT2D eigenvalue weighted by Gasteiger charge is 2.12. The predicted molar refractivity (Wildman–Crippen MR) is 84.3 cm³/mol. The third-order valence-electron chi connectivity index (χ3n) is 3.45. The smallest absolute Gasteiger partial charge is 0.259 e. The van der Waals surface area contributed by atoms with E-state index in [2.05, 4.69) is 22.7 Å². The number of carbonyl (C=O) groups is 1. The van der Waals surface area contributed by atoms with Gasteiger partial charge in [0.15, 0.2) is 0 Å². The van der Waals surface area contributed by atoms with Gasteiger partial charge in [0, 0.05) is 25.0 Å². The normalized spacial score (nSPS) is 10.6. The summed E-state index contributed by atoms with van der Waals surface area (Å²) in [6.45, 7) is 5.89. The highest BCUT2D eigenvalue weighted by Crippen LogP contribution is 2.13. The Morgan fingerprint density at radius 3 is 2.57 bits per heavy atom. The number of benzene rings is 1. The number of nitrogens with zero attached hydrogens (tertiary/aromatic N) is 2. The lowest BCUT2D eigenvalue weighted by Gasteiger charge is -2.07. The van der Waals surface area contributed by atoms with Crippen molar-refractivity contribution in [2.45, 2.75) is 26.8 Å².